The van der Waals surface area contributed by atoms with Gasteiger partial charge in [0.25, 0.3) is 0 Å². The monoisotopic (exact) mass is 169 g/mol. The summed E-state index contributed by atoms with van der Waals surface area (Å²) in [6, 6.07) is 0. The molecule has 0 amide bonds. The number of nitrogen functional groups attached to an aromatic ring is 1. The molecule has 1 heterocycles. The first kappa shape index (κ1) is 7.03. The van der Waals surface area contributed by atoms with E-state index in [4.69, 9.17) is 5.73 Å². The van der Waals surface area contributed by atoms with Crippen molar-refractivity contribution in [2.75, 3.05) is 5.73 Å². The minimum atomic E-state index is 0.428. The van der Waals surface area contributed by atoms with E-state index >= 15 is 0 Å². The number of hydrogen-bond acceptors (Lipinski definition) is 4. The maximum Gasteiger partial charge on any atom is 0.232 e. The molecule has 0 radical (unpaired) electrons. The van der Waals surface area contributed by atoms with Gasteiger partial charge in [-0.3, -0.25) is 0 Å². The van der Waals surface area contributed by atoms with Crippen LogP contribution in [0, 0.1) is 5.92 Å². The van der Waals surface area contributed by atoms with Crippen LogP contribution in [0.15, 0.2) is 0 Å². The molecule has 0 aliphatic heterocycles. The van der Waals surface area contributed by atoms with Crippen LogP contribution in [-0.4, -0.2) is 9.36 Å². The summed E-state index contributed by atoms with van der Waals surface area (Å²) in [5.74, 6) is 1.85. The molecule has 0 spiro atoms. The van der Waals surface area contributed by atoms with Gasteiger partial charge < -0.3 is 5.73 Å². The fraction of sp³-hybridized carbons (Fsp3) is 0.714. The Kier molecular flexibility index (Phi) is 1.56. The number of nitrogens with two attached hydrogens (primary N) is 1. The van der Waals surface area contributed by atoms with E-state index in [1.54, 1.807) is 0 Å². The first-order chi connectivity index (χ1) is 5.27. The van der Waals surface area contributed by atoms with Crippen molar-refractivity contribution in [1.29, 1.82) is 0 Å². The second-order valence-electron chi connectivity index (χ2n) is 3.12. The van der Waals surface area contributed by atoms with Crippen LogP contribution in [-0.2, 0) is 0 Å². The molecule has 3 nitrogen and oxygen atoms in total. The highest BCUT2D eigenvalue weighted by Crippen LogP contribution is 2.42. The Morgan fingerprint density at radius 1 is 1.64 bits per heavy atom. The average Bonchev–Trinajstić information content (AvgIpc) is 2.74. The van der Waals surface area contributed by atoms with Crippen molar-refractivity contribution < 1.29 is 0 Å². The highest BCUT2D eigenvalue weighted by Gasteiger charge is 2.30. The van der Waals surface area contributed by atoms with Crippen molar-refractivity contribution in [2.45, 2.75) is 25.7 Å². The lowest BCUT2D eigenvalue weighted by Crippen LogP contribution is -1.95. The SMILES string of the molecule is CC(c1nc(N)ns1)C1CC1. The molecular weight excluding hydrogens is 158 g/mol. The van der Waals surface area contributed by atoms with Crippen molar-refractivity contribution in [1.82, 2.24) is 9.36 Å². The first-order valence-corrected chi connectivity index (χ1v) is 4.64. The lowest BCUT2D eigenvalue weighted by atomic mass is 10.1. The quantitative estimate of drug-likeness (QED) is 0.732. The molecule has 1 unspecified atom stereocenters. The number of hydrogen-bond donors (Lipinski definition) is 1. The van der Waals surface area contributed by atoms with E-state index in [9.17, 15) is 0 Å². The predicted molar refractivity (Wildman–Crippen MR) is 45.5 cm³/mol. The maximum atomic E-state index is 5.43. The summed E-state index contributed by atoms with van der Waals surface area (Å²) >= 11 is 1.44. The largest absolute Gasteiger partial charge is 0.367 e. The third kappa shape index (κ3) is 1.35. The zero-order valence-corrected chi connectivity index (χ0v) is 7.27. The van der Waals surface area contributed by atoms with Gasteiger partial charge in [0.2, 0.25) is 5.95 Å². The molecular formula is C7H11N3S. The molecule has 1 aromatic rings. The molecule has 1 atom stereocenters. The predicted octanol–water partition coefficient (Wildman–Crippen LogP) is 1.63. The second-order valence-corrected chi connectivity index (χ2v) is 3.90. The van der Waals surface area contributed by atoms with Gasteiger partial charge in [0.15, 0.2) is 0 Å². The summed E-state index contributed by atoms with van der Waals surface area (Å²) in [4.78, 5) is 4.16. The summed E-state index contributed by atoms with van der Waals surface area (Å²) in [7, 11) is 0. The second kappa shape index (κ2) is 2.44. The normalized spacial score (nSPS) is 20.1. The molecule has 1 aromatic heterocycles. The van der Waals surface area contributed by atoms with Gasteiger partial charge in [-0.25, -0.2) is 4.98 Å². The lowest BCUT2D eigenvalue weighted by molar-refractivity contribution is 0.660. The van der Waals surface area contributed by atoms with E-state index in [1.165, 1.54) is 24.4 Å². The van der Waals surface area contributed by atoms with Crippen LogP contribution in [0.3, 0.4) is 0 Å². The topological polar surface area (TPSA) is 51.8 Å². The Labute approximate surface area is 69.8 Å². The third-order valence-corrected chi connectivity index (χ3v) is 3.10. The van der Waals surface area contributed by atoms with Crippen LogP contribution < -0.4 is 5.73 Å². The highest BCUT2D eigenvalue weighted by molar-refractivity contribution is 7.05. The van der Waals surface area contributed by atoms with E-state index in [-0.39, 0.29) is 0 Å². The van der Waals surface area contributed by atoms with Crippen molar-refractivity contribution >= 4 is 17.5 Å². The Balaban J connectivity index is 2.14. The van der Waals surface area contributed by atoms with Gasteiger partial charge in [-0.05, 0) is 30.3 Å². The number of aromatic nitrogens is 2. The van der Waals surface area contributed by atoms with E-state index in [2.05, 4.69) is 16.3 Å². The first-order valence-electron chi connectivity index (χ1n) is 3.86. The molecule has 1 aliphatic carbocycles. The molecule has 1 saturated carbocycles. The molecule has 0 bridgehead atoms. The van der Waals surface area contributed by atoms with Crippen LogP contribution in [0.2, 0.25) is 0 Å². The average molecular weight is 169 g/mol. The van der Waals surface area contributed by atoms with Crippen molar-refractivity contribution in [3.05, 3.63) is 5.01 Å². The fourth-order valence-electron chi connectivity index (χ4n) is 1.23. The molecule has 4 heteroatoms. The number of anilines is 1. The van der Waals surface area contributed by atoms with Gasteiger partial charge in [-0.2, -0.15) is 4.37 Å². The molecule has 1 fully saturated rings. The number of nitrogens with zero attached hydrogens (tertiary/aromatic N) is 2. The third-order valence-electron chi connectivity index (χ3n) is 2.18. The minimum Gasteiger partial charge on any atom is -0.367 e. The van der Waals surface area contributed by atoms with Crippen LogP contribution in [0.25, 0.3) is 0 Å². The fourth-order valence-corrected chi connectivity index (χ4v) is 1.95. The van der Waals surface area contributed by atoms with Gasteiger partial charge in [0.1, 0.15) is 5.01 Å². The summed E-state index contributed by atoms with van der Waals surface area (Å²) in [5.41, 5.74) is 5.43. The molecule has 60 valence electrons. The molecule has 2 rings (SSSR count). The van der Waals surface area contributed by atoms with E-state index in [1.807, 2.05) is 0 Å². The minimum absolute atomic E-state index is 0.428. The lowest BCUT2D eigenvalue weighted by Gasteiger charge is -2.02. The molecule has 0 aromatic carbocycles. The van der Waals surface area contributed by atoms with Crippen molar-refractivity contribution in [3.8, 4) is 0 Å². The maximum absolute atomic E-state index is 5.43. The Hall–Kier alpha value is -0.640. The number of rotatable bonds is 2. The highest BCUT2D eigenvalue weighted by atomic mass is 32.1. The standard InChI is InChI=1S/C7H11N3S/c1-4(5-2-3-5)6-9-7(8)10-11-6/h4-5H,2-3H2,1H3,(H2,8,10). The summed E-state index contributed by atoms with van der Waals surface area (Å²) < 4.78 is 3.96. The summed E-state index contributed by atoms with van der Waals surface area (Å²) in [6.45, 7) is 2.21. The van der Waals surface area contributed by atoms with Gasteiger partial charge >= 0.3 is 0 Å². The van der Waals surface area contributed by atoms with Crippen LogP contribution in [0.1, 0.15) is 30.7 Å². The van der Waals surface area contributed by atoms with E-state index < -0.39 is 0 Å². The summed E-state index contributed by atoms with van der Waals surface area (Å²) in [5, 5.41) is 1.10. The Bertz CT molecular complexity index is 254. The molecule has 0 saturated heterocycles. The van der Waals surface area contributed by atoms with Gasteiger partial charge in [0.05, 0.1) is 0 Å². The summed E-state index contributed by atoms with van der Waals surface area (Å²) in [6.07, 6.45) is 2.70. The Morgan fingerprint density at radius 2 is 2.36 bits per heavy atom. The smallest absolute Gasteiger partial charge is 0.232 e. The molecule has 11 heavy (non-hydrogen) atoms. The van der Waals surface area contributed by atoms with Gasteiger partial charge in [-0.1, -0.05) is 6.92 Å². The van der Waals surface area contributed by atoms with Gasteiger partial charge in [0, 0.05) is 5.92 Å². The molecule has 1 aliphatic rings. The Morgan fingerprint density at radius 3 is 2.82 bits per heavy atom. The van der Waals surface area contributed by atoms with E-state index in [0.717, 1.165) is 10.9 Å². The molecule has 2 N–H and O–H groups in total. The van der Waals surface area contributed by atoms with Crippen molar-refractivity contribution in [2.24, 2.45) is 5.92 Å². The van der Waals surface area contributed by atoms with Crippen LogP contribution >= 0.6 is 11.5 Å². The van der Waals surface area contributed by atoms with E-state index in [0.29, 0.717) is 11.9 Å². The van der Waals surface area contributed by atoms with Crippen molar-refractivity contribution in [3.63, 3.8) is 0 Å². The van der Waals surface area contributed by atoms with Crippen LogP contribution in [0.4, 0.5) is 5.95 Å². The zero-order chi connectivity index (χ0) is 7.84. The van der Waals surface area contributed by atoms with Gasteiger partial charge in [-0.15, -0.1) is 0 Å². The van der Waals surface area contributed by atoms with Crippen LogP contribution in [0.5, 0.6) is 0 Å². The zero-order valence-electron chi connectivity index (χ0n) is 6.45.